The van der Waals surface area contributed by atoms with Crippen LogP contribution in [-0.4, -0.2) is 61.8 Å². The Kier molecular flexibility index (Phi) is 12.2. The van der Waals surface area contributed by atoms with Crippen LogP contribution >= 0.6 is 0 Å². The number of ether oxygens (including phenoxy) is 1. The topological polar surface area (TPSA) is 188 Å². The quantitative estimate of drug-likeness (QED) is 0.0555. The molecule has 1 atom stereocenters. The highest BCUT2D eigenvalue weighted by Crippen LogP contribution is 2.31. The number of fused-ring (bicyclic) bond motifs is 1. The van der Waals surface area contributed by atoms with Gasteiger partial charge in [-0.05, 0) is 105 Å². The number of piperidine rings is 1. The number of pyridine rings is 1. The van der Waals surface area contributed by atoms with E-state index < -0.39 is 35.7 Å². The zero-order valence-corrected chi connectivity index (χ0v) is 32.7. The number of carbonyl (C=O) groups excluding carboxylic acids is 3. The van der Waals surface area contributed by atoms with E-state index in [0.29, 0.717) is 47.3 Å². The molecule has 3 N–H and O–H groups in total. The number of alkyl halides is 2. The maximum atomic E-state index is 14.0. The fourth-order valence-electron chi connectivity index (χ4n) is 7.17. The van der Waals surface area contributed by atoms with Crippen molar-refractivity contribution in [3.8, 4) is 17.1 Å². The van der Waals surface area contributed by atoms with Crippen LogP contribution in [0.3, 0.4) is 0 Å². The van der Waals surface area contributed by atoms with E-state index in [2.05, 4.69) is 31.0 Å². The van der Waals surface area contributed by atoms with Gasteiger partial charge in [0.1, 0.15) is 18.1 Å². The maximum absolute atomic E-state index is 14.0. The van der Waals surface area contributed by atoms with E-state index in [-0.39, 0.29) is 36.0 Å². The Hall–Kier alpha value is -6.49. The lowest BCUT2D eigenvalue weighted by Crippen LogP contribution is -2.43. The number of halogens is 2. The van der Waals surface area contributed by atoms with E-state index in [1.54, 1.807) is 36.5 Å². The van der Waals surface area contributed by atoms with Crippen LogP contribution in [0.4, 0.5) is 20.3 Å². The molecule has 1 saturated carbocycles. The highest BCUT2D eigenvalue weighted by atomic mass is 19.3. The molecule has 2 aliphatic rings. The lowest BCUT2D eigenvalue weighted by atomic mass is 10.1. The maximum Gasteiger partial charge on any atom is 0.420 e. The molecule has 2 fully saturated rings. The summed E-state index contributed by atoms with van der Waals surface area (Å²) in [6, 6.07) is 15.7. The average molecular weight is 823 g/mol. The van der Waals surface area contributed by atoms with Crippen molar-refractivity contribution in [2.75, 3.05) is 30.4 Å². The van der Waals surface area contributed by atoms with Gasteiger partial charge < -0.3 is 24.2 Å². The van der Waals surface area contributed by atoms with Crippen LogP contribution in [0.2, 0.25) is 0 Å². The molecule has 0 radical (unpaired) electrons. The van der Waals surface area contributed by atoms with Crippen LogP contribution < -0.4 is 21.7 Å². The third kappa shape index (κ3) is 9.68. The van der Waals surface area contributed by atoms with Gasteiger partial charge >= 0.3 is 5.76 Å². The largest absolute Gasteiger partial charge is 0.444 e. The lowest BCUT2D eigenvalue weighted by Gasteiger charge is -2.21. The fraction of sp³-hybridized carbons (Fsp3) is 0.372. The zero-order valence-electron chi connectivity index (χ0n) is 32.7. The molecule has 60 heavy (non-hydrogen) atoms. The van der Waals surface area contributed by atoms with Gasteiger partial charge in [-0.1, -0.05) is 24.6 Å². The molecule has 15 nitrogen and oxygen atoms in total. The Morgan fingerprint density at radius 2 is 1.75 bits per heavy atom. The Morgan fingerprint density at radius 1 is 0.950 bits per heavy atom. The van der Waals surface area contributed by atoms with E-state index in [0.717, 1.165) is 56.2 Å². The lowest BCUT2D eigenvalue weighted by molar-refractivity contribution is -0.135. The number of hydrogen-bond acceptors (Lipinski definition) is 11. The molecule has 1 unspecified atom stereocenters. The number of rotatable bonds is 19. The van der Waals surface area contributed by atoms with Crippen molar-refractivity contribution in [3.63, 3.8) is 0 Å². The summed E-state index contributed by atoms with van der Waals surface area (Å²) >= 11 is 0. The van der Waals surface area contributed by atoms with Gasteiger partial charge in [-0.15, -0.1) is 0 Å². The standard InChI is InChI=1S/C43H44F2N8O7/c44-39(45)38-31(48-40(55)32-25-59-42(49-32)29-17-18-46-36(22-29)47-23-28-7-8-28)24-52(51-38)30-12-9-26(10-13-30)5-2-1-3-19-58-20-4-6-27-11-14-33-35(21-27)60-43(57)53(33)34-15-16-37(54)50-41(34)56/h9-14,17-18,21-22,24-25,28,34,39H,1-8,15-16,19-20,23H2,(H,46,47)(H,48,55)(H,50,54,56). The van der Waals surface area contributed by atoms with Crippen molar-refractivity contribution in [2.24, 2.45) is 5.92 Å². The number of oxazole rings is 2. The third-order valence-electron chi connectivity index (χ3n) is 10.6. The molecular weight excluding hydrogens is 779 g/mol. The number of nitrogens with one attached hydrogen (secondary N) is 3. The van der Waals surface area contributed by atoms with Gasteiger partial charge in [-0.25, -0.2) is 28.2 Å². The first-order valence-electron chi connectivity index (χ1n) is 20.2. The zero-order chi connectivity index (χ0) is 41.6. The highest BCUT2D eigenvalue weighted by molar-refractivity contribution is 6.03. The molecule has 4 aromatic heterocycles. The fourth-order valence-corrected chi connectivity index (χ4v) is 7.17. The van der Waals surface area contributed by atoms with Crippen molar-refractivity contribution in [3.05, 3.63) is 106 Å². The summed E-state index contributed by atoms with van der Waals surface area (Å²) in [7, 11) is 0. The molecule has 8 rings (SSSR count). The number of nitrogens with zero attached hydrogens (tertiary/aromatic N) is 5. The van der Waals surface area contributed by atoms with E-state index in [9.17, 15) is 28.0 Å². The first kappa shape index (κ1) is 40.3. The van der Waals surface area contributed by atoms with Crippen molar-refractivity contribution in [2.45, 2.75) is 76.7 Å². The van der Waals surface area contributed by atoms with Crippen LogP contribution in [0.25, 0.3) is 28.2 Å². The number of benzene rings is 2. The Labute approximate surface area is 342 Å². The summed E-state index contributed by atoms with van der Waals surface area (Å²) in [5.74, 6) is -0.633. The summed E-state index contributed by atoms with van der Waals surface area (Å²) in [5.41, 5.74) is 3.44. The summed E-state index contributed by atoms with van der Waals surface area (Å²) in [5, 5.41) is 12.2. The molecule has 6 aromatic rings. The molecule has 17 heteroatoms. The van der Waals surface area contributed by atoms with Gasteiger partial charge in [0, 0.05) is 37.9 Å². The first-order chi connectivity index (χ1) is 29.2. The van der Waals surface area contributed by atoms with Gasteiger partial charge in [0.25, 0.3) is 12.3 Å². The second-order valence-corrected chi connectivity index (χ2v) is 15.1. The predicted molar refractivity (Wildman–Crippen MR) is 216 cm³/mol. The predicted octanol–water partition coefficient (Wildman–Crippen LogP) is 7.18. The van der Waals surface area contributed by atoms with Crippen LogP contribution in [-0.2, 0) is 27.2 Å². The molecule has 2 aromatic carbocycles. The van der Waals surface area contributed by atoms with Crippen molar-refractivity contribution < 1.29 is 36.7 Å². The van der Waals surface area contributed by atoms with Gasteiger partial charge in [-0.3, -0.25) is 24.3 Å². The second kappa shape index (κ2) is 18.2. The molecule has 1 saturated heterocycles. The number of hydrogen-bond donors (Lipinski definition) is 3. The summed E-state index contributed by atoms with van der Waals surface area (Å²) in [4.78, 5) is 58.1. The smallest absolute Gasteiger partial charge is 0.420 e. The molecular formula is C43H44F2N8O7. The number of aryl methyl sites for hydroxylation is 2. The molecule has 0 bridgehead atoms. The van der Waals surface area contributed by atoms with Crippen LogP contribution in [0.15, 0.2) is 86.9 Å². The monoisotopic (exact) mass is 822 g/mol. The number of unbranched alkanes of at least 4 members (excludes halogenated alkanes) is 2. The Bertz CT molecular complexity index is 2540. The van der Waals surface area contributed by atoms with Crippen LogP contribution in [0.5, 0.6) is 0 Å². The normalized spacial score (nSPS) is 15.5. The van der Waals surface area contributed by atoms with Gasteiger partial charge in [0.15, 0.2) is 17.0 Å². The average Bonchev–Trinajstić information content (AvgIpc) is 3.60. The minimum atomic E-state index is -2.93. The van der Waals surface area contributed by atoms with E-state index in [1.165, 1.54) is 34.6 Å². The minimum Gasteiger partial charge on any atom is -0.444 e. The van der Waals surface area contributed by atoms with E-state index in [4.69, 9.17) is 13.6 Å². The number of aromatic nitrogens is 5. The van der Waals surface area contributed by atoms with Crippen molar-refractivity contribution in [1.82, 2.24) is 29.6 Å². The number of carbonyl (C=O) groups is 3. The SMILES string of the molecule is O=C1CCC(n2c(=O)oc3cc(CCCOCCCCCc4ccc(-n5cc(NC(=O)c6coc(-c7ccnc(NCC8CC8)c7)n6)c(C(F)F)n5)cc4)ccc32)C(=O)N1. The molecule has 312 valence electrons. The second-order valence-electron chi connectivity index (χ2n) is 15.1. The molecule has 0 spiro atoms. The van der Waals surface area contributed by atoms with Gasteiger partial charge in [0.05, 0.1) is 23.1 Å². The van der Waals surface area contributed by atoms with Crippen LogP contribution in [0, 0.1) is 5.92 Å². The molecule has 1 aliphatic heterocycles. The number of amides is 3. The number of imide groups is 1. The molecule has 3 amide bonds. The highest BCUT2D eigenvalue weighted by Gasteiger charge is 2.31. The summed E-state index contributed by atoms with van der Waals surface area (Å²) in [6.45, 7) is 2.05. The Morgan fingerprint density at radius 3 is 2.55 bits per heavy atom. The van der Waals surface area contributed by atoms with E-state index >= 15 is 0 Å². The molecule has 5 heterocycles. The van der Waals surface area contributed by atoms with Crippen LogP contribution in [0.1, 0.15) is 91.1 Å². The minimum absolute atomic E-state index is 0.0656. The van der Waals surface area contributed by atoms with Crippen molar-refractivity contribution >= 4 is 40.3 Å². The Balaban J connectivity index is 0.755. The third-order valence-corrected chi connectivity index (χ3v) is 10.6. The number of anilines is 2. The van der Waals surface area contributed by atoms with Gasteiger partial charge in [-0.2, -0.15) is 5.10 Å². The summed E-state index contributed by atoms with van der Waals surface area (Å²) in [6.07, 6.45) is 9.24. The first-order valence-corrected chi connectivity index (χ1v) is 20.2. The van der Waals surface area contributed by atoms with Gasteiger partial charge in [0.2, 0.25) is 17.7 Å². The molecule has 1 aliphatic carbocycles. The van der Waals surface area contributed by atoms with E-state index in [1.807, 2.05) is 24.3 Å². The summed E-state index contributed by atoms with van der Waals surface area (Å²) < 4.78 is 47.5. The van der Waals surface area contributed by atoms with Crippen molar-refractivity contribution in [1.29, 1.82) is 0 Å².